The van der Waals surface area contributed by atoms with Crippen LogP contribution in [-0.2, 0) is 0 Å². The van der Waals surface area contributed by atoms with Crippen molar-refractivity contribution in [1.29, 1.82) is 0 Å². The van der Waals surface area contributed by atoms with Crippen molar-refractivity contribution in [2.75, 3.05) is 18.0 Å². The number of benzene rings is 1. The van der Waals surface area contributed by atoms with E-state index in [1.54, 1.807) is 6.20 Å². The number of H-pyrrole nitrogens is 1. The summed E-state index contributed by atoms with van der Waals surface area (Å²) in [5, 5.41) is 7.20. The van der Waals surface area contributed by atoms with Gasteiger partial charge in [-0.2, -0.15) is 5.10 Å². The van der Waals surface area contributed by atoms with E-state index in [1.165, 1.54) is 0 Å². The smallest absolute Gasteiger partial charge is 0.200 e. The van der Waals surface area contributed by atoms with Crippen molar-refractivity contribution in [3.63, 3.8) is 0 Å². The molecular formula is C16H14N5S4. The van der Waals surface area contributed by atoms with Gasteiger partial charge in [-0.1, -0.05) is 0 Å². The van der Waals surface area contributed by atoms with Crippen molar-refractivity contribution < 1.29 is 0 Å². The van der Waals surface area contributed by atoms with E-state index in [1.807, 2.05) is 12.1 Å². The number of hydrogen-bond acceptors (Lipinski definition) is 8. The van der Waals surface area contributed by atoms with E-state index in [0.29, 0.717) is 25.3 Å². The van der Waals surface area contributed by atoms with Crippen LogP contribution in [0.4, 0.5) is 5.82 Å². The summed E-state index contributed by atoms with van der Waals surface area (Å²) in [4.78, 5) is 13.7. The SMILES string of the molecule is Sc1cc(-c2n[c]nc(N3CCC3)c2-c2cc[nH]n2)c(S)c(S)c1S. The molecule has 0 aliphatic carbocycles. The Morgan fingerprint density at radius 1 is 1.04 bits per heavy atom. The van der Waals surface area contributed by atoms with Crippen molar-refractivity contribution in [3.05, 3.63) is 24.7 Å². The first-order valence-electron chi connectivity index (χ1n) is 7.58. The maximum atomic E-state index is 4.63. The standard InChI is InChI=1S/C16H14N5S4/c22-10-6-8(13(23)15(25)14(10)24)12-11(9-2-3-19-20-9)16(18-7-17-12)21-4-1-5-21/h2-3,6,22-25H,1,4-5H2,(H,19,20). The normalized spacial score (nSPS) is 13.8. The Morgan fingerprint density at radius 3 is 2.48 bits per heavy atom. The monoisotopic (exact) mass is 404 g/mol. The van der Waals surface area contributed by atoms with E-state index >= 15 is 0 Å². The average Bonchev–Trinajstić information content (AvgIpc) is 3.09. The van der Waals surface area contributed by atoms with E-state index in [0.717, 1.165) is 42.1 Å². The van der Waals surface area contributed by atoms with Gasteiger partial charge in [0, 0.05) is 44.4 Å². The van der Waals surface area contributed by atoms with Gasteiger partial charge in [0.2, 0.25) is 0 Å². The van der Waals surface area contributed by atoms with Gasteiger partial charge in [0.25, 0.3) is 0 Å². The molecular weight excluding hydrogens is 390 g/mol. The molecule has 1 aliphatic heterocycles. The summed E-state index contributed by atoms with van der Waals surface area (Å²) in [5.41, 5.74) is 3.12. The highest BCUT2D eigenvalue weighted by Gasteiger charge is 2.26. The molecule has 1 saturated heterocycles. The fourth-order valence-electron chi connectivity index (χ4n) is 2.74. The molecule has 1 radical (unpaired) electrons. The summed E-state index contributed by atoms with van der Waals surface area (Å²) in [5.74, 6) is 0.826. The first kappa shape index (κ1) is 17.1. The van der Waals surface area contributed by atoms with Gasteiger partial charge < -0.3 is 4.90 Å². The zero-order valence-corrected chi connectivity index (χ0v) is 16.5. The van der Waals surface area contributed by atoms with Gasteiger partial charge in [0.15, 0.2) is 6.33 Å². The fourth-order valence-corrected chi connectivity index (χ4v) is 3.86. The Kier molecular flexibility index (Phi) is 4.65. The molecule has 1 N–H and O–H groups in total. The molecule has 0 unspecified atom stereocenters. The molecule has 0 saturated carbocycles. The molecule has 1 fully saturated rings. The average molecular weight is 405 g/mol. The highest BCUT2D eigenvalue weighted by atomic mass is 32.1. The quantitative estimate of drug-likeness (QED) is 0.432. The van der Waals surface area contributed by atoms with Crippen molar-refractivity contribution in [3.8, 4) is 22.5 Å². The Morgan fingerprint density at radius 2 is 1.84 bits per heavy atom. The molecule has 0 amide bonds. The fraction of sp³-hybridized carbons (Fsp3) is 0.188. The molecule has 25 heavy (non-hydrogen) atoms. The van der Waals surface area contributed by atoms with Gasteiger partial charge in [-0.15, -0.1) is 50.5 Å². The van der Waals surface area contributed by atoms with Crippen LogP contribution < -0.4 is 4.90 Å². The lowest BCUT2D eigenvalue weighted by Gasteiger charge is -2.33. The number of anilines is 1. The zero-order valence-electron chi connectivity index (χ0n) is 12.9. The van der Waals surface area contributed by atoms with Crippen LogP contribution in [0.5, 0.6) is 0 Å². The highest BCUT2D eigenvalue weighted by Crippen LogP contribution is 2.43. The summed E-state index contributed by atoms with van der Waals surface area (Å²) in [6.07, 6.45) is 5.70. The molecule has 4 rings (SSSR count). The van der Waals surface area contributed by atoms with E-state index in [9.17, 15) is 0 Å². The van der Waals surface area contributed by atoms with Crippen molar-refractivity contribution in [2.24, 2.45) is 0 Å². The number of aromatic nitrogens is 4. The molecule has 3 aromatic rings. The van der Waals surface area contributed by atoms with E-state index in [2.05, 4.69) is 81.9 Å². The third kappa shape index (κ3) is 2.92. The summed E-state index contributed by atoms with van der Waals surface area (Å²) >= 11 is 18.1. The minimum Gasteiger partial charge on any atom is -0.356 e. The number of nitrogens with one attached hydrogen (secondary N) is 1. The molecule has 127 valence electrons. The lowest BCUT2D eigenvalue weighted by Crippen LogP contribution is -2.38. The maximum absolute atomic E-state index is 4.63. The Hall–Kier alpha value is -1.29. The zero-order chi connectivity index (χ0) is 17.6. The van der Waals surface area contributed by atoms with Gasteiger partial charge in [0.05, 0.1) is 17.0 Å². The third-order valence-electron chi connectivity index (χ3n) is 4.17. The molecule has 0 atom stereocenters. The lowest BCUT2D eigenvalue weighted by molar-refractivity contribution is 0.609. The van der Waals surface area contributed by atoms with Crippen LogP contribution in [0.2, 0.25) is 0 Å². The van der Waals surface area contributed by atoms with Gasteiger partial charge in [-0.3, -0.25) is 5.10 Å². The largest absolute Gasteiger partial charge is 0.356 e. The second kappa shape index (κ2) is 6.79. The van der Waals surface area contributed by atoms with Crippen LogP contribution in [0, 0.1) is 6.33 Å². The number of rotatable bonds is 3. The topological polar surface area (TPSA) is 57.7 Å². The first-order chi connectivity index (χ1) is 12.1. The minimum absolute atomic E-state index is 0.659. The third-order valence-corrected chi connectivity index (χ3v) is 6.43. The molecule has 0 spiro atoms. The molecule has 5 nitrogen and oxygen atoms in total. The van der Waals surface area contributed by atoms with E-state index in [-0.39, 0.29) is 0 Å². The maximum Gasteiger partial charge on any atom is 0.200 e. The van der Waals surface area contributed by atoms with Crippen molar-refractivity contribution >= 4 is 56.3 Å². The number of hydrogen-bond donors (Lipinski definition) is 5. The predicted octanol–water partition coefficient (Wildman–Crippen LogP) is 3.70. The predicted molar refractivity (Wildman–Crippen MR) is 110 cm³/mol. The van der Waals surface area contributed by atoms with Gasteiger partial charge in [-0.05, 0) is 18.6 Å². The molecule has 0 bridgehead atoms. The number of nitrogens with zero attached hydrogens (tertiary/aromatic N) is 4. The first-order valence-corrected chi connectivity index (χ1v) is 9.37. The Balaban J connectivity index is 2.00. The summed E-state index contributed by atoms with van der Waals surface area (Å²) in [6.45, 7) is 1.92. The van der Waals surface area contributed by atoms with Crippen molar-refractivity contribution in [1.82, 2.24) is 20.2 Å². The van der Waals surface area contributed by atoms with Gasteiger partial charge >= 0.3 is 0 Å². The summed E-state index contributed by atoms with van der Waals surface area (Å²) in [6, 6.07) is 3.79. The van der Waals surface area contributed by atoms with Crippen LogP contribution in [0.25, 0.3) is 22.5 Å². The van der Waals surface area contributed by atoms with Crippen molar-refractivity contribution in [2.45, 2.75) is 26.0 Å². The van der Waals surface area contributed by atoms with Crippen LogP contribution in [0.3, 0.4) is 0 Å². The van der Waals surface area contributed by atoms with E-state index in [4.69, 9.17) is 0 Å². The number of thiol groups is 4. The van der Waals surface area contributed by atoms with Gasteiger partial charge in [0.1, 0.15) is 5.82 Å². The van der Waals surface area contributed by atoms with Gasteiger partial charge in [-0.25, -0.2) is 9.97 Å². The summed E-state index contributed by atoms with van der Waals surface area (Å²) < 4.78 is 0. The minimum atomic E-state index is 0.659. The molecule has 1 aliphatic rings. The Bertz CT molecular complexity index is 938. The van der Waals surface area contributed by atoms with Crippen LogP contribution >= 0.6 is 50.5 Å². The van der Waals surface area contributed by atoms with Crippen LogP contribution in [0.15, 0.2) is 37.9 Å². The summed E-state index contributed by atoms with van der Waals surface area (Å²) in [7, 11) is 0. The Labute approximate surface area is 167 Å². The lowest BCUT2D eigenvalue weighted by atomic mass is 10.0. The molecule has 2 aromatic heterocycles. The molecule has 1 aromatic carbocycles. The molecule has 3 heterocycles. The highest BCUT2D eigenvalue weighted by molar-refractivity contribution is 7.86. The second-order valence-electron chi connectivity index (χ2n) is 5.66. The van der Waals surface area contributed by atoms with E-state index < -0.39 is 0 Å². The van der Waals surface area contributed by atoms with Crippen LogP contribution in [0.1, 0.15) is 6.42 Å². The van der Waals surface area contributed by atoms with Crippen LogP contribution in [-0.4, -0.2) is 33.3 Å². The molecule has 9 heteroatoms. The second-order valence-corrected chi connectivity index (χ2v) is 7.48. The number of aromatic amines is 1.